The molecule has 0 aliphatic rings. The SMILES string of the molecule is COC(=O)c1ccc(N)cc1NC(=O)c1ccc(C(F)(F)F)cc1. The Hall–Kier alpha value is -3.03. The van der Waals surface area contributed by atoms with Crippen molar-refractivity contribution < 1.29 is 27.5 Å². The summed E-state index contributed by atoms with van der Waals surface area (Å²) >= 11 is 0. The maximum absolute atomic E-state index is 12.5. The molecule has 1 amide bonds. The lowest BCUT2D eigenvalue weighted by atomic mass is 10.1. The average Bonchev–Trinajstić information content (AvgIpc) is 2.53. The molecule has 24 heavy (non-hydrogen) atoms. The molecule has 0 aliphatic heterocycles. The predicted molar refractivity (Wildman–Crippen MR) is 81.6 cm³/mol. The topological polar surface area (TPSA) is 81.4 Å². The van der Waals surface area contributed by atoms with E-state index in [1.54, 1.807) is 0 Å². The smallest absolute Gasteiger partial charge is 0.416 e. The van der Waals surface area contributed by atoms with E-state index in [1.807, 2.05) is 0 Å². The maximum atomic E-state index is 12.5. The summed E-state index contributed by atoms with van der Waals surface area (Å²) in [7, 11) is 1.18. The monoisotopic (exact) mass is 338 g/mol. The highest BCUT2D eigenvalue weighted by molar-refractivity contribution is 6.08. The summed E-state index contributed by atoms with van der Waals surface area (Å²) in [6.07, 6.45) is -4.49. The molecule has 0 heterocycles. The number of hydrogen-bond acceptors (Lipinski definition) is 4. The van der Waals surface area contributed by atoms with Gasteiger partial charge in [0.15, 0.2) is 0 Å². The average molecular weight is 338 g/mol. The summed E-state index contributed by atoms with van der Waals surface area (Å²) < 4.78 is 42.2. The molecular formula is C16H13F3N2O3. The van der Waals surface area contributed by atoms with Gasteiger partial charge in [0.25, 0.3) is 5.91 Å². The molecule has 0 fully saturated rings. The molecule has 0 atom stereocenters. The second kappa shape index (κ2) is 6.61. The number of anilines is 2. The van der Waals surface area contributed by atoms with Crippen LogP contribution in [0.4, 0.5) is 24.5 Å². The number of benzene rings is 2. The van der Waals surface area contributed by atoms with E-state index >= 15 is 0 Å². The summed E-state index contributed by atoms with van der Waals surface area (Å²) in [4.78, 5) is 23.8. The van der Waals surface area contributed by atoms with Gasteiger partial charge in [0.1, 0.15) is 0 Å². The second-order valence-corrected chi connectivity index (χ2v) is 4.83. The van der Waals surface area contributed by atoms with Crippen molar-refractivity contribution in [1.29, 1.82) is 0 Å². The van der Waals surface area contributed by atoms with Crippen LogP contribution < -0.4 is 11.1 Å². The van der Waals surface area contributed by atoms with Gasteiger partial charge < -0.3 is 15.8 Å². The van der Waals surface area contributed by atoms with Crippen molar-refractivity contribution in [2.75, 3.05) is 18.2 Å². The van der Waals surface area contributed by atoms with Gasteiger partial charge in [0.05, 0.1) is 23.9 Å². The fraction of sp³-hybridized carbons (Fsp3) is 0.125. The molecule has 126 valence electrons. The summed E-state index contributed by atoms with van der Waals surface area (Å²) in [6, 6.07) is 7.88. The molecule has 2 aromatic carbocycles. The third-order valence-electron chi connectivity index (χ3n) is 3.17. The molecule has 0 aromatic heterocycles. The van der Waals surface area contributed by atoms with Gasteiger partial charge in [0, 0.05) is 11.3 Å². The fourth-order valence-electron chi connectivity index (χ4n) is 1.96. The van der Waals surface area contributed by atoms with Gasteiger partial charge in [0.2, 0.25) is 0 Å². The van der Waals surface area contributed by atoms with E-state index in [1.165, 1.54) is 25.3 Å². The molecule has 0 aliphatic carbocycles. The highest BCUT2D eigenvalue weighted by atomic mass is 19.4. The fourth-order valence-corrected chi connectivity index (χ4v) is 1.96. The van der Waals surface area contributed by atoms with Crippen LogP contribution in [0.25, 0.3) is 0 Å². The van der Waals surface area contributed by atoms with Gasteiger partial charge in [-0.25, -0.2) is 4.79 Å². The number of halogens is 3. The number of nitrogen functional groups attached to an aromatic ring is 1. The van der Waals surface area contributed by atoms with Crippen molar-refractivity contribution in [1.82, 2.24) is 0 Å². The molecule has 0 saturated carbocycles. The van der Waals surface area contributed by atoms with Crippen molar-refractivity contribution in [2.45, 2.75) is 6.18 Å². The Morgan fingerprint density at radius 2 is 1.71 bits per heavy atom. The van der Waals surface area contributed by atoms with Crippen LogP contribution >= 0.6 is 0 Å². The maximum Gasteiger partial charge on any atom is 0.416 e. The number of alkyl halides is 3. The van der Waals surface area contributed by atoms with Crippen LogP contribution in [0.5, 0.6) is 0 Å². The lowest BCUT2D eigenvalue weighted by molar-refractivity contribution is -0.137. The number of carbonyl (C=O) groups excluding carboxylic acids is 2. The molecule has 0 unspecified atom stereocenters. The Labute approximate surface area is 135 Å². The van der Waals surface area contributed by atoms with E-state index in [4.69, 9.17) is 5.73 Å². The Morgan fingerprint density at radius 3 is 2.25 bits per heavy atom. The second-order valence-electron chi connectivity index (χ2n) is 4.83. The van der Waals surface area contributed by atoms with Crippen LogP contribution in [0.2, 0.25) is 0 Å². The number of amides is 1. The standard InChI is InChI=1S/C16H13F3N2O3/c1-24-15(23)12-7-6-11(20)8-13(12)21-14(22)9-2-4-10(5-3-9)16(17,18)19/h2-8H,20H2,1H3,(H,21,22). The molecule has 2 rings (SSSR count). The Balaban J connectivity index is 2.27. The number of rotatable bonds is 3. The van der Waals surface area contributed by atoms with Crippen LogP contribution in [0.15, 0.2) is 42.5 Å². The number of hydrogen-bond donors (Lipinski definition) is 2. The first-order valence-corrected chi connectivity index (χ1v) is 6.69. The number of esters is 1. The first-order valence-electron chi connectivity index (χ1n) is 6.69. The third kappa shape index (κ3) is 3.83. The van der Waals surface area contributed by atoms with Crippen molar-refractivity contribution in [2.24, 2.45) is 0 Å². The molecule has 0 bridgehead atoms. The largest absolute Gasteiger partial charge is 0.465 e. The van der Waals surface area contributed by atoms with Crippen LogP contribution in [0.1, 0.15) is 26.3 Å². The molecule has 0 radical (unpaired) electrons. The summed E-state index contributed by atoms with van der Waals surface area (Å²) in [5.41, 5.74) is 5.24. The van der Waals surface area contributed by atoms with Crippen molar-refractivity contribution in [3.05, 3.63) is 59.2 Å². The Bertz CT molecular complexity index is 771. The number of ether oxygens (including phenoxy) is 1. The predicted octanol–water partition coefficient (Wildman–Crippen LogP) is 3.33. The highest BCUT2D eigenvalue weighted by Crippen LogP contribution is 2.29. The minimum absolute atomic E-state index is 0.00115. The van der Waals surface area contributed by atoms with E-state index in [0.29, 0.717) is 5.69 Å². The molecular weight excluding hydrogens is 325 g/mol. The lowest BCUT2D eigenvalue weighted by Crippen LogP contribution is -2.16. The van der Waals surface area contributed by atoms with Gasteiger partial charge in [-0.15, -0.1) is 0 Å². The zero-order valence-electron chi connectivity index (χ0n) is 12.5. The van der Waals surface area contributed by atoms with Crippen molar-refractivity contribution >= 4 is 23.3 Å². The van der Waals surface area contributed by atoms with E-state index in [9.17, 15) is 22.8 Å². The number of carbonyl (C=O) groups is 2. The minimum atomic E-state index is -4.49. The van der Waals surface area contributed by atoms with Gasteiger partial charge in [-0.2, -0.15) is 13.2 Å². The van der Waals surface area contributed by atoms with Gasteiger partial charge in [-0.3, -0.25) is 4.79 Å². The first-order chi connectivity index (χ1) is 11.2. The van der Waals surface area contributed by atoms with E-state index in [0.717, 1.165) is 24.3 Å². The van der Waals surface area contributed by atoms with E-state index < -0.39 is 23.6 Å². The first kappa shape index (κ1) is 17.3. The molecule has 5 nitrogen and oxygen atoms in total. The van der Waals surface area contributed by atoms with Crippen molar-refractivity contribution in [3.8, 4) is 0 Å². The summed E-state index contributed by atoms with van der Waals surface area (Å²) in [5.74, 6) is -1.36. The van der Waals surface area contributed by atoms with Gasteiger partial charge in [-0.05, 0) is 42.5 Å². The summed E-state index contributed by atoms with van der Waals surface area (Å²) in [6.45, 7) is 0. The van der Waals surface area contributed by atoms with Gasteiger partial charge in [-0.1, -0.05) is 0 Å². The minimum Gasteiger partial charge on any atom is -0.465 e. The van der Waals surface area contributed by atoms with Crippen LogP contribution in [-0.4, -0.2) is 19.0 Å². The van der Waals surface area contributed by atoms with E-state index in [-0.39, 0.29) is 16.8 Å². The quantitative estimate of drug-likeness (QED) is 0.664. The lowest BCUT2D eigenvalue weighted by Gasteiger charge is -2.11. The molecule has 8 heteroatoms. The molecule has 3 N–H and O–H groups in total. The van der Waals surface area contributed by atoms with Crippen molar-refractivity contribution in [3.63, 3.8) is 0 Å². The highest BCUT2D eigenvalue weighted by Gasteiger charge is 2.30. The number of nitrogens with two attached hydrogens (primary N) is 1. The Kier molecular flexibility index (Phi) is 4.77. The van der Waals surface area contributed by atoms with Crippen LogP contribution in [0.3, 0.4) is 0 Å². The van der Waals surface area contributed by atoms with Gasteiger partial charge >= 0.3 is 12.1 Å². The zero-order chi connectivity index (χ0) is 17.9. The zero-order valence-corrected chi connectivity index (χ0v) is 12.5. The summed E-state index contributed by atoms with van der Waals surface area (Å²) in [5, 5.41) is 2.44. The third-order valence-corrected chi connectivity index (χ3v) is 3.17. The van der Waals surface area contributed by atoms with Crippen LogP contribution in [-0.2, 0) is 10.9 Å². The molecule has 0 saturated heterocycles. The number of methoxy groups -OCH3 is 1. The van der Waals surface area contributed by atoms with Crippen LogP contribution in [0, 0.1) is 0 Å². The molecule has 0 spiro atoms. The van der Waals surface area contributed by atoms with E-state index in [2.05, 4.69) is 10.1 Å². The Morgan fingerprint density at radius 1 is 1.08 bits per heavy atom. The molecule has 2 aromatic rings. The number of nitrogens with one attached hydrogen (secondary N) is 1. The normalized spacial score (nSPS) is 11.0.